The number of halogens is 3. The van der Waals surface area contributed by atoms with E-state index in [1.54, 1.807) is 0 Å². The van der Waals surface area contributed by atoms with Crippen LogP contribution in [0.25, 0.3) is 0 Å². The molecular weight excluding hydrogens is 428 g/mol. The van der Waals surface area contributed by atoms with Crippen molar-refractivity contribution >= 4 is 47.8 Å². The Balaban J connectivity index is 2.00. The van der Waals surface area contributed by atoms with E-state index in [0.29, 0.717) is 5.92 Å². The molecule has 0 aliphatic carbocycles. The van der Waals surface area contributed by atoms with Gasteiger partial charge in [-0.3, -0.25) is 0 Å². The van der Waals surface area contributed by atoms with E-state index in [2.05, 4.69) is 59.9 Å². The van der Waals surface area contributed by atoms with Gasteiger partial charge in [0.15, 0.2) is 0 Å². The maximum absolute atomic E-state index is 5.94. The van der Waals surface area contributed by atoms with Gasteiger partial charge in [-0.05, 0) is 68.3 Å². The number of alkyl halides is 1. The van der Waals surface area contributed by atoms with Crippen molar-refractivity contribution in [3.63, 3.8) is 0 Å². The second-order valence-corrected chi connectivity index (χ2v) is 6.66. The molecular formula is C13H15Br3O2. The van der Waals surface area contributed by atoms with Crippen LogP contribution in [0.1, 0.15) is 18.4 Å². The molecule has 0 saturated carbocycles. The molecule has 1 heterocycles. The summed E-state index contributed by atoms with van der Waals surface area (Å²) in [5.41, 5.74) is 1.21. The Bertz CT molecular complexity index is 380. The van der Waals surface area contributed by atoms with E-state index >= 15 is 0 Å². The molecule has 1 fully saturated rings. The van der Waals surface area contributed by atoms with Crippen LogP contribution < -0.4 is 4.74 Å². The second kappa shape index (κ2) is 7.27. The van der Waals surface area contributed by atoms with E-state index < -0.39 is 0 Å². The monoisotopic (exact) mass is 440 g/mol. The summed E-state index contributed by atoms with van der Waals surface area (Å²) in [6, 6.07) is 4.16. The van der Waals surface area contributed by atoms with Crippen LogP contribution in [0.5, 0.6) is 5.75 Å². The summed E-state index contributed by atoms with van der Waals surface area (Å²) in [5.74, 6) is 1.50. The number of benzene rings is 1. The molecule has 0 bridgehead atoms. The molecule has 0 unspecified atom stereocenters. The number of rotatable bonds is 4. The number of hydrogen-bond donors (Lipinski definition) is 0. The predicted molar refractivity (Wildman–Crippen MR) is 83.5 cm³/mol. The fraction of sp³-hybridized carbons (Fsp3) is 0.538. The van der Waals surface area contributed by atoms with Crippen LogP contribution in [-0.4, -0.2) is 19.8 Å². The normalized spacial score (nSPS) is 16.8. The van der Waals surface area contributed by atoms with Gasteiger partial charge in [-0.1, -0.05) is 15.9 Å². The Morgan fingerprint density at radius 2 is 1.78 bits per heavy atom. The van der Waals surface area contributed by atoms with Gasteiger partial charge in [-0.15, -0.1) is 0 Å². The van der Waals surface area contributed by atoms with Crippen LogP contribution in [0.3, 0.4) is 0 Å². The Labute approximate surface area is 133 Å². The van der Waals surface area contributed by atoms with Gasteiger partial charge in [0, 0.05) is 18.5 Å². The molecule has 1 aliphatic heterocycles. The van der Waals surface area contributed by atoms with Crippen LogP contribution in [0.15, 0.2) is 21.1 Å². The summed E-state index contributed by atoms with van der Waals surface area (Å²) in [6.45, 7) is 2.48. The summed E-state index contributed by atoms with van der Waals surface area (Å²) >= 11 is 10.6. The van der Waals surface area contributed by atoms with Crippen LogP contribution in [-0.2, 0) is 10.1 Å². The Kier molecular flexibility index (Phi) is 5.98. The summed E-state index contributed by atoms with van der Waals surface area (Å²) in [7, 11) is 0. The van der Waals surface area contributed by atoms with Crippen molar-refractivity contribution in [3.05, 3.63) is 26.6 Å². The van der Waals surface area contributed by atoms with Gasteiger partial charge in [0.25, 0.3) is 0 Å². The highest BCUT2D eigenvalue weighted by Gasteiger charge is 2.16. The summed E-state index contributed by atoms with van der Waals surface area (Å²) < 4.78 is 13.3. The first kappa shape index (κ1) is 14.8. The van der Waals surface area contributed by atoms with Gasteiger partial charge in [-0.25, -0.2) is 0 Å². The van der Waals surface area contributed by atoms with E-state index in [-0.39, 0.29) is 0 Å². The molecule has 1 aliphatic rings. The average molecular weight is 443 g/mol. The fourth-order valence-corrected chi connectivity index (χ4v) is 3.78. The van der Waals surface area contributed by atoms with E-state index in [4.69, 9.17) is 9.47 Å². The van der Waals surface area contributed by atoms with Gasteiger partial charge in [0.1, 0.15) is 5.75 Å². The van der Waals surface area contributed by atoms with Crippen molar-refractivity contribution in [1.82, 2.24) is 0 Å². The molecule has 0 aromatic heterocycles. The molecule has 2 rings (SSSR count). The zero-order chi connectivity index (χ0) is 13.0. The molecule has 0 N–H and O–H groups in total. The van der Waals surface area contributed by atoms with Gasteiger partial charge in [0.05, 0.1) is 15.6 Å². The standard InChI is InChI=1S/C13H15Br3O2/c14-7-10-5-11(15)13(12(16)6-10)18-8-9-1-3-17-4-2-9/h5-6,9H,1-4,7-8H2. The molecule has 100 valence electrons. The minimum atomic E-state index is 0.605. The first-order chi connectivity index (χ1) is 8.70. The molecule has 0 spiro atoms. The van der Waals surface area contributed by atoms with Crippen LogP contribution in [0, 0.1) is 5.92 Å². The molecule has 1 aromatic carbocycles. The largest absolute Gasteiger partial charge is 0.491 e. The van der Waals surface area contributed by atoms with Crippen molar-refractivity contribution in [2.24, 2.45) is 5.92 Å². The lowest BCUT2D eigenvalue weighted by Crippen LogP contribution is -2.21. The van der Waals surface area contributed by atoms with Gasteiger partial charge < -0.3 is 9.47 Å². The molecule has 0 radical (unpaired) electrons. The third-order valence-corrected chi connectivity index (χ3v) is 4.84. The summed E-state index contributed by atoms with van der Waals surface area (Å²) in [6.07, 6.45) is 2.18. The summed E-state index contributed by atoms with van der Waals surface area (Å²) in [5, 5.41) is 0.838. The summed E-state index contributed by atoms with van der Waals surface area (Å²) in [4.78, 5) is 0. The molecule has 2 nitrogen and oxygen atoms in total. The highest BCUT2D eigenvalue weighted by molar-refractivity contribution is 9.11. The highest BCUT2D eigenvalue weighted by atomic mass is 79.9. The minimum Gasteiger partial charge on any atom is -0.491 e. The predicted octanol–water partition coefficient (Wildman–Crippen LogP) is 4.91. The fourth-order valence-electron chi connectivity index (χ4n) is 1.94. The molecule has 5 heteroatoms. The van der Waals surface area contributed by atoms with E-state index in [0.717, 1.165) is 52.7 Å². The highest BCUT2D eigenvalue weighted by Crippen LogP contribution is 2.36. The quantitative estimate of drug-likeness (QED) is 0.617. The third kappa shape index (κ3) is 3.95. The lowest BCUT2D eigenvalue weighted by molar-refractivity contribution is 0.0495. The van der Waals surface area contributed by atoms with Gasteiger partial charge in [0.2, 0.25) is 0 Å². The van der Waals surface area contributed by atoms with Crippen molar-refractivity contribution in [1.29, 1.82) is 0 Å². The lowest BCUT2D eigenvalue weighted by Gasteiger charge is -2.22. The number of hydrogen-bond acceptors (Lipinski definition) is 2. The van der Waals surface area contributed by atoms with E-state index in [9.17, 15) is 0 Å². The van der Waals surface area contributed by atoms with Gasteiger partial charge >= 0.3 is 0 Å². The van der Waals surface area contributed by atoms with Crippen LogP contribution >= 0.6 is 47.8 Å². The van der Waals surface area contributed by atoms with Crippen molar-refractivity contribution in [2.45, 2.75) is 18.2 Å². The minimum absolute atomic E-state index is 0.605. The average Bonchev–Trinajstić information content (AvgIpc) is 2.38. The Morgan fingerprint density at radius 1 is 1.17 bits per heavy atom. The maximum Gasteiger partial charge on any atom is 0.147 e. The molecule has 0 amide bonds. The first-order valence-electron chi connectivity index (χ1n) is 5.95. The molecule has 18 heavy (non-hydrogen) atoms. The van der Waals surface area contributed by atoms with Crippen molar-refractivity contribution < 1.29 is 9.47 Å². The SMILES string of the molecule is BrCc1cc(Br)c(OCC2CCOCC2)c(Br)c1. The van der Waals surface area contributed by atoms with E-state index in [1.165, 1.54) is 5.56 Å². The second-order valence-electron chi connectivity index (χ2n) is 4.39. The van der Waals surface area contributed by atoms with Gasteiger partial charge in [-0.2, -0.15) is 0 Å². The zero-order valence-corrected chi connectivity index (χ0v) is 14.7. The number of ether oxygens (including phenoxy) is 2. The van der Waals surface area contributed by atoms with Crippen molar-refractivity contribution in [3.8, 4) is 5.75 Å². The van der Waals surface area contributed by atoms with Crippen molar-refractivity contribution in [2.75, 3.05) is 19.8 Å². The molecule has 1 saturated heterocycles. The Hall–Kier alpha value is 0.420. The Morgan fingerprint density at radius 3 is 2.33 bits per heavy atom. The molecule has 1 aromatic rings. The van der Waals surface area contributed by atoms with Crippen LogP contribution in [0.2, 0.25) is 0 Å². The lowest BCUT2D eigenvalue weighted by atomic mass is 10.0. The first-order valence-corrected chi connectivity index (χ1v) is 8.66. The molecule has 0 atom stereocenters. The smallest absolute Gasteiger partial charge is 0.147 e. The van der Waals surface area contributed by atoms with E-state index in [1.807, 2.05) is 0 Å². The topological polar surface area (TPSA) is 18.5 Å². The third-order valence-electron chi connectivity index (χ3n) is 3.02. The maximum atomic E-state index is 5.94. The zero-order valence-electron chi connectivity index (χ0n) is 9.93. The van der Waals surface area contributed by atoms with Crippen LogP contribution in [0.4, 0.5) is 0 Å².